The van der Waals surface area contributed by atoms with E-state index in [1.54, 1.807) is 7.05 Å². The molecular weight excluding hydrogens is 222 g/mol. The van der Waals surface area contributed by atoms with Gasteiger partial charge >= 0.3 is 5.97 Å². The molecule has 1 fully saturated rings. The molecule has 1 heterocycles. The summed E-state index contributed by atoms with van der Waals surface area (Å²) >= 11 is 0. The van der Waals surface area contributed by atoms with Crippen LogP contribution in [-0.4, -0.2) is 32.8 Å². The second kappa shape index (κ2) is 4.57. The number of rotatable bonds is 3. The van der Waals surface area contributed by atoms with E-state index in [0.717, 1.165) is 25.7 Å². The van der Waals surface area contributed by atoms with Crippen molar-refractivity contribution in [3.63, 3.8) is 0 Å². The van der Waals surface area contributed by atoms with E-state index < -0.39 is 5.97 Å². The Morgan fingerprint density at radius 2 is 2.12 bits per heavy atom. The van der Waals surface area contributed by atoms with Crippen molar-refractivity contribution in [3.05, 3.63) is 17.5 Å². The summed E-state index contributed by atoms with van der Waals surface area (Å²) < 4.78 is 1.30. The molecule has 0 bridgehead atoms. The van der Waals surface area contributed by atoms with Crippen LogP contribution in [0.4, 0.5) is 0 Å². The number of carbonyl (C=O) groups is 2. The highest BCUT2D eigenvalue weighted by Crippen LogP contribution is 2.18. The van der Waals surface area contributed by atoms with E-state index >= 15 is 0 Å². The highest BCUT2D eigenvalue weighted by atomic mass is 16.4. The SMILES string of the molecule is Cn1ncc(C(=O)O)c1C(=O)NC1CCCC1. The van der Waals surface area contributed by atoms with Gasteiger partial charge in [0, 0.05) is 13.1 Å². The highest BCUT2D eigenvalue weighted by molar-refractivity contribution is 6.03. The van der Waals surface area contributed by atoms with E-state index in [1.165, 1.54) is 10.9 Å². The number of carboxylic acid groups (broad SMARTS) is 1. The monoisotopic (exact) mass is 237 g/mol. The molecule has 0 radical (unpaired) electrons. The summed E-state index contributed by atoms with van der Waals surface area (Å²) in [7, 11) is 1.57. The lowest BCUT2D eigenvalue weighted by Crippen LogP contribution is -2.34. The van der Waals surface area contributed by atoms with Gasteiger partial charge in [0.15, 0.2) is 0 Å². The molecule has 0 spiro atoms. The van der Waals surface area contributed by atoms with Gasteiger partial charge in [0.05, 0.1) is 6.20 Å². The fourth-order valence-corrected chi connectivity index (χ4v) is 2.19. The molecule has 0 aliphatic heterocycles. The van der Waals surface area contributed by atoms with Crippen LogP contribution in [0.3, 0.4) is 0 Å². The average Bonchev–Trinajstić information content (AvgIpc) is 2.86. The largest absolute Gasteiger partial charge is 0.478 e. The Kier molecular flexibility index (Phi) is 3.12. The summed E-state index contributed by atoms with van der Waals surface area (Å²) in [4.78, 5) is 22.9. The quantitative estimate of drug-likeness (QED) is 0.814. The Morgan fingerprint density at radius 1 is 1.47 bits per heavy atom. The van der Waals surface area contributed by atoms with E-state index in [1.807, 2.05) is 0 Å². The van der Waals surface area contributed by atoms with Gasteiger partial charge in [0.25, 0.3) is 5.91 Å². The van der Waals surface area contributed by atoms with Gasteiger partial charge in [-0.05, 0) is 12.8 Å². The first-order valence-corrected chi connectivity index (χ1v) is 5.65. The van der Waals surface area contributed by atoms with Crippen molar-refractivity contribution in [2.45, 2.75) is 31.7 Å². The first-order chi connectivity index (χ1) is 8.09. The van der Waals surface area contributed by atoms with Crippen LogP contribution < -0.4 is 5.32 Å². The summed E-state index contributed by atoms with van der Waals surface area (Å²) in [5.74, 6) is -1.48. The lowest BCUT2D eigenvalue weighted by molar-refractivity contribution is 0.0690. The molecule has 0 atom stereocenters. The van der Waals surface area contributed by atoms with Crippen LogP contribution in [0.15, 0.2) is 6.20 Å². The van der Waals surface area contributed by atoms with Gasteiger partial charge in [0.1, 0.15) is 11.3 Å². The standard InChI is InChI=1S/C11H15N3O3/c1-14-9(8(6-12-14)11(16)17)10(15)13-7-4-2-3-5-7/h6-7H,2-5H2,1H3,(H,13,15)(H,16,17). The number of hydrogen-bond acceptors (Lipinski definition) is 3. The van der Waals surface area contributed by atoms with Crippen molar-refractivity contribution in [1.29, 1.82) is 0 Å². The van der Waals surface area contributed by atoms with Crippen molar-refractivity contribution < 1.29 is 14.7 Å². The maximum atomic E-state index is 12.0. The number of carboxylic acids is 1. The Hall–Kier alpha value is -1.85. The Morgan fingerprint density at radius 3 is 2.71 bits per heavy atom. The van der Waals surface area contributed by atoms with Crippen molar-refractivity contribution in [2.24, 2.45) is 7.05 Å². The maximum absolute atomic E-state index is 12.0. The van der Waals surface area contributed by atoms with Gasteiger partial charge in [-0.2, -0.15) is 5.10 Å². The van der Waals surface area contributed by atoms with Gasteiger partial charge in [-0.15, -0.1) is 0 Å². The van der Waals surface area contributed by atoms with Gasteiger partial charge in [-0.1, -0.05) is 12.8 Å². The molecule has 92 valence electrons. The Labute approximate surface area is 98.6 Å². The van der Waals surface area contributed by atoms with Crippen molar-refractivity contribution in [1.82, 2.24) is 15.1 Å². The van der Waals surface area contributed by atoms with Crippen LogP contribution in [0.25, 0.3) is 0 Å². The third kappa shape index (κ3) is 2.30. The predicted molar refractivity (Wildman–Crippen MR) is 59.9 cm³/mol. The van der Waals surface area contributed by atoms with Crippen molar-refractivity contribution >= 4 is 11.9 Å². The molecule has 1 aromatic heterocycles. The molecule has 2 rings (SSSR count). The number of amides is 1. The van der Waals surface area contributed by atoms with E-state index in [2.05, 4.69) is 10.4 Å². The molecule has 1 saturated carbocycles. The number of carbonyl (C=O) groups excluding carboxylic acids is 1. The van der Waals surface area contributed by atoms with Crippen molar-refractivity contribution in [2.75, 3.05) is 0 Å². The summed E-state index contributed by atoms with van der Waals surface area (Å²) in [6.45, 7) is 0. The van der Waals surface area contributed by atoms with Gasteiger partial charge < -0.3 is 10.4 Å². The van der Waals surface area contributed by atoms with Crippen molar-refractivity contribution in [3.8, 4) is 0 Å². The second-order valence-corrected chi connectivity index (χ2v) is 4.29. The predicted octanol–water partition coefficient (Wildman–Crippen LogP) is 0.791. The highest BCUT2D eigenvalue weighted by Gasteiger charge is 2.24. The van der Waals surface area contributed by atoms with Gasteiger partial charge in [0.2, 0.25) is 0 Å². The first-order valence-electron chi connectivity index (χ1n) is 5.65. The van der Waals surface area contributed by atoms with E-state index in [0.29, 0.717) is 0 Å². The lowest BCUT2D eigenvalue weighted by Gasteiger charge is -2.12. The maximum Gasteiger partial charge on any atom is 0.339 e. The summed E-state index contributed by atoms with van der Waals surface area (Å²) in [6, 6.07) is 0.166. The number of aromatic carboxylic acids is 1. The third-order valence-corrected chi connectivity index (χ3v) is 3.07. The molecular formula is C11H15N3O3. The van der Waals surface area contributed by atoms with E-state index in [9.17, 15) is 9.59 Å². The molecule has 6 heteroatoms. The molecule has 1 aliphatic carbocycles. The van der Waals surface area contributed by atoms with Crippen LogP contribution in [0, 0.1) is 0 Å². The zero-order valence-corrected chi connectivity index (χ0v) is 9.64. The zero-order chi connectivity index (χ0) is 12.4. The summed E-state index contributed by atoms with van der Waals surface area (Å²) in [6.07, 6.45) is 5.36. The van der Waals surface area contributed by atoms with Gasteiger partial charge in [-0.25, -0.2) is 4.79 Å². The summed E-state index contributed by atoms with van der Waals surface area (Å²) in [5, 5.41) is 15.6. The normalized spacial score (nSPS) is 16.1. The van der Waals surface area contributed by atoms with E-state index in [4.69, 9.17) is 5.11 Å². The minimum Gasteiger partial charge on any atom is -0.478 e. The molecule has 2 N–H and O–H groups in total. The van der Waals surface area contributed by atoms with E-state index in [-0.39, 0.29) is 23.2 Å². The average molecular weight is 237 g/mol. The topological polar surface area (TPSA) is 84.2 Å². The number of hydrogen-bond donors (Lipinski definition) is 2. The van der Waals surface area contributed by atoms with Crippen LogP contribution in [0.1, 0.15) is 46.5 Å². The minimum atomic E-state index is -1.13. The fraction of sp³-hybridized carbons (Fsp3) is 0.545. The molecule has 0 unspecified atom stereocenters. The minimum absolute atomic E-state index is 0.0528. The first kappa shape index (κ1) is 11.6. The van der Waals surface area contributed by atoms with Crippen LogP contribution >= 0.6 is 0 Å². The molecule has 1 aromatic rings. The molecule has 17 heavy (non-hydrogen) atoms. The Balaban J connectivity index is 2.17. The lowest BCUT2D eigenvalue weighted by atomic mass is 10.2. The molecule has 0 saturated heterocycles. The summed E-state index contributed by atoms with van der Waals surface area (Å²) in [5.41, 5.74) is 0.0624. The molecule has 6 nitrogen and oxygen atoms in total. The second-order valence-electron chi connectivity index (χ2n) is 4.29. The molecule has 1 amide bonds. The smallest absolute Gasteiger partial charge is 0.339 e. The number of aryl methyl sites for hydroxylation is 1. The molecule has 0 aromatic carbocycles. The molecule has 1 aliphatic rings. The number of nitrogens with one attached hydrogen (secondary N) is 1. The fourth-order valence-electron chi connectivity index (χ4n) is 2.19. The van der Waals surface area contributed by atoms with Crippen LogP contribution in [0.5, 0.6) is 0 Å². The Bertz CT molecular complexity index is 447. The van der Waals surface area contributed by atoms with Crippen LogP contribution in [-0.2, 0) is 7.05 Å². The van der Waals surface area contributed by atoms with Gasteiger partial charge in [-0.3, -0.25) is 9.48 Å². The number of nitrogens with zero attached hydrogens (tertiary/aromatic N) is 2. The van der Waals surface area contributed by atoms with Crippen LogP contribution in [0.2, 0.25) is 0 Å². The number of aromatic nitrogens is 2. The third-order valence-electron chi connectivity index (χ3n) is 3.07. The zero-order valence-electron chi connectivity index (χ0n) is 9.64.